The van der Waals surface area contributed by atoms with Crippen LogP contribution in [0.3, 0.4) is 0 Å². The molecule has 16 heavy (non-hydrogen) atoms. The lowest BCUT2D eigenvalue weighted by atomic mass is 10.1. The number of nitrogens with zero attached hydrogens (tertiary/aromatic N) is 2. The van der Waals surface area contributed by atoms with Gasteiger partial charge in [0.15, 0.2) is 0 Å². The van der Waals surface area contributed by atoms with Gasteiger partial charge in [-0.25, -0.2) is 0 Å². The molecule has 1 N–H and O–H groups in total. The van der Waals surface area contributed by atoms with Gasteiger partial charge in [0.2, 0.25) is 0 Å². The van der Waals surface area contributed by atoms with Crippen molar-refractivity contribution in [3.63, 3.8) is 0 Å². The second-order valence-corrected chi connectivity index (χ2v) is 5.27. The van der Waals surface area contributed by atoms with Crippen LogP contribution in [0.1, 0.15) is 57.0 Å². The van der Waals surface area contributed by atoms with Crippen LogP contribution in [0.5, 0.6) is 0 Å². The Morgan fingerprint density at radius 2 is 2.12 bits per heavy atom. The Morgan fingerprint density at radius 1 is 1.44 bits per heavy atom. The molecule has 0 aromatic carbocycles. The molecule has 0 amide bonds. The molecule has 0 radical (unpaired) electrons. The highest BCUT2D eigenvalue weighted by Gasteiger charge is 2.28. The molecule has 1 aromatic rings. The SMILES string of the molecule is CNC(C)Cc1cc(C2CC2)n(C(C)C)n1. The summed E-state index contributed by atoms with van der Waals surface area (Å²) >= 11 is 0. The van der Waals surface area contributed by atoms with Crippen molar-refractivity contribution in [2.75, 3.05) is 7.05 Å². The van der Waals surface area contributed by atoms with Crippen LogP contribution in [0.2, 0.25) is 0 Å². The maximum atomic E-state index is 4.74. The van der Waals surface area contributed by atoms with Crippen molar-refractivity contribution in [3.05, 3.63) is 17.5 Å². The van der Waals surface area contributed by atoms with Crippen molar-refractivity contribution >= 4 is 0 Å². The molecule has 1 fully saturated rings. The highest BCUT2D eigenvalue weighted by atomic mass is 15.3. The maximum absolute atomic E-state index is 4.74. The number of nitrogens with one attached hydrogen (secondary N) is 1. The average molecular weight is 221 g/mol. The van der Waals surface area contributed by atoms with Gasteiger partial charge in [-0.1, -0.05) is 0 Å². The van der Waals surface area contributed by atoms with E-state index in [1.165, 1.54) is 24.2 Å². The minimum atomic E-state index is 0.481. The molecule has 1 heterocycles. The largest absolute Gasteiger partial charge is 0.317 e. The lowest BCUT2D eigenvalue weighted by Gasteiger charge is -2.10. The number of rotatable bonds is 5. The van der Waals surface area contributed by atoms with Crippen LogP contribution in [0.25, 0.3) is 0 Å². The van der Waals surface area contributed by atoms with Crippen molar-refractivity contribution in [1.29, 1.82) is 0 Å². The van der Waals surface area contributed by atoms with E-state index in [-0.39, 0.29) is 0 Å². The van der Waals surface area contributed by atoms with Crippen molar-refractivity contribution in [1.82, 2.24) is 15.1 Å². The molecule has 0 bridgehead atoms. The van der Waals surface area contributed by atoms with Gasteiger partial charge in [0.25, 0.3) is 0 Å². The molecule has 1 aliphatic carbocycles. The lowest BCUT2D eigenvalue weighted by Crippen LogP contribution is -2.23. The van der Waals surface area contributed by atoms with Crippen LogP contribution in [0.4, 0.5) is 0 Å². The van der Waals surface area contributed by atoms with Crippen LogP contribution in [-0.4, -0.2) is 22.9 Å². The van der Waals surface area contributed by atoms with E-state index in [1.807, 2.05) is 7.05 Å². The monoisotopic (exact) mass is 221 g/mol. The second-order valence-electron chi connectivity index (χ2n) is 5.27. The Labute approximate surface area is 98.2 Å². The van der Waals surface area contributed by atoms with Gasteiger partial charge in [0.1, 0.15) is 0 Å². The summed E-state index contributed by atoms with van der Waals surface area (Å²) in [6, 6.07) is 3.29. The highest BCUT2D eigenvalue weighted by Crippen LogP contribution is 2.41. The molecule has 1 aliphatic rings. The van der Waals surface area contributed by atoms with Gasteiger partial charge in [0, 0.05) is 30.1 Å². The highest BCUT2D eigenvalue weighted by molar-refractivity contribution is 5.20. The predicted octanol–water partition coefficient (Wildman–Crippen LogP) is 2.49. The van der Waals surface area contributed by atoms with E-state index < -0.39 is 0 Å². The molecular formula is C13H23N3. The smallest absolute Gasteiger partial charge is 0.0643 e. The first-order valence-electron chi connectivity index (χ1n) is 6.37. The zero-order chi connectivity index (χ0) is 11.7. The third kappa shape index (κ3) is 2.46. The zero-order valence-electron chi connectivity index (χ0n) is 10.8. The number of hydrogen-bond donors (Lipinski definition) is 1. The van der Waals surface area contributed by atoms with Gasteiger partial charge in [-0.15, -0.1) is 0 Å². The van der Waals surface area contributed by atoms with E-state index in [0.717, 1.165) is 12.3 Å². The normalized spacial score (nSPS) is 18.1. The average Bonchev–Trinajstić information content (AvgIpc) is 3.00. The summed E-state index contributed by atoms with van der Waals surface area (Å²) in [6.45, 7) is 6.62. The Kier molecular flexibility index (Phi) is 3.33. The van der Waals surface area contributed by atoms with Gasteiger partial charge in [-0.2, -0.15) is 5.10 Å². The lowest BCUT2D eigenvalue weighted by molar-refractivity contribution is 0.499. The minimum absolute atomic E-state index is 0.481. The van der Waals surface area contributed by atoms with Gasteiger partial charge in [-0.3, -0.25) is 4.68 Å². The van der Waals surface area contributed by atoms with E-state index >= 15 is 0 Å². The summed E-state index contributed by atoms with van der Waals surface area (Å²) in [5, 5.41) is 8.00. The summed E-state index contributed by atoms with van der Waals surface area (Å²) in [4.78, 5) is 0. The predicted molar refractivity (Wildman–Crippen MR) is 66.8 cm³/mol. The van der Waals surface area contributed by atoms with Crippen LogP contribution in [-0.2, 0) is 6.42 Å². The van der Waals surface area contributed by atoms with Gasteiger partial charge >= 0.3 is 0 Å². The standard InChI is InChI=1S/C13H23N3/c1-9(2)16-13(11-5-6-11)8-12(15-16)7-10(3)14-4/h8-11,14H,5-7H2,1-4H3. The van der Waals surface area contributed by atoms with Gasteiger partial charge in [-0.05, 0) is 46.7 Å². The second kappa shape index (κ2) is 4.58. The molecule has 3 heteroatoms. The Hall–Kier alpha value is -0.830. The molecule has 1 atom stereocenters. The fourth-order valence-corrected chi connectivity index (χ4v) is 2.07. The minimum Gasteiger partial charge on any atom is -0.317 e. The van der Waals surface area contributed by atoms with Gasteiger partial charge < -0.3 is 5.32 Å². The van der Waals surface area contributed by atoms with Gasteiger partial charge in [0.05, 0.1) is 5.69 Å². The molecule has 1 aromatic heterocycles. The number of aromatic nitrogens is 2. The molecule has 1 saturated carbocycles. The van der Waals surface area contributed by atoms with Crippen LogP contribution in [0, 0.1) is 0 Å². The van der Waals surface area contributed by atoms with E-state index in [0.29, 0.717) is 12.1 Å². The maximum Gasteiger partial charge on any atom is 0.0643 e. The molecular weight excluding hydrogens is 198 g/mol. The summed E-state index contributed by atoms with van der Waals surface area (Å²) in [5.74, 6) is 0.786. The number of likely N-dealkylation sites (N-methyl/N-ethyl adjacent to an activating group) is 1. The fourth-order valence-electron chi connectivity index (χ4n) is 2.07. The first-order chi connectivity index (χ1) is 7.61. The first kappa shape index (κ1) is 11.6. The molecule has 2 rings (SSSR count). The number of hydrogen-bond acceptors (Lipinski definition) is 2. The first-order valence-corrected chi connectivity index (χ1v) is 6.37. The Bertz CT molecular complexity index is 331. The van der Waals surface area contributed by atoms with E-state index in [4.69, 9.17) is 5.10 Å². The van der Waals surface area contributed by atoms with Crippen molar-refractivity contribution in [2.24, 2.45) is 0 Å². The van der Waals surface area contributed by atoms with E-state index in [9.17, 15) is 0 Å². The summed E-state index contributed by atoms with van der Waals surface area (Å²) in [6.07, 6.45) is 3.72. The third-order valence-electron chi connectivity index (χ3n) is 3.31. The topological polar surface area (TPSA) is 29.9 Å². The molecule has 1 unspecified atom stereocenters. The van der Waals surface area contributed by atoms with E-state index in [2.05, 4.69) is 36.8 Å². The van der Waals surface area contributed by atoms with Crippen LogP contribution in [0.15, 0.2) is 6.07 Å². The summed E-state index contributed by atoms with van der Waals surface area (Å²) < 4.78 is 2.22. The summed E-state index contributed by atoms with van der Waals surface area (Å²) in [7, 11) is 2.01. The quantitative estimate of drug-likeness (QED) is 0.828. The Balaban J connectivity index is 2.17. The van der Waals surface area contributed by atoms with Crippen LogP contribution < -0.4 is 5.32 Å². The zero-order valence-corrected chi connectivity index (χ0v) is 10.8. The molecule has 0 saturated heterocycles. The fraction of sp³-hybridized carbons (Fsp3) is 0.769. The third-order valence-corrected chi connectivity index (χ3v) is 3.31. The van der Waals surface area contributed by atoms with Crippen LogP contribution >= 0.6 is 0 Å². The molecule has 90 valence electrons. The van der Waals surface area contributed by atoms with E-state index in [1.54, 1.807) is 0 Å². The van der Waals surface area contributed by atoms with Crippen molar-refractivity contribution < 1.29 is 0 Å². The van der Waals surface area contributed by atoms with Crippen molar-refractivity contribution in [2.45, 2.75) is 58.0 Å². The van der Waals surface area contributed by atoms with Crippen molar-refractivity contribution in [3.8, 4) is 0 Å². The summed E-state index contributed by atoms with van der Waals surface area (Å²) in [5.41, 5.74) is 2.69. The molecule has 0 spiro atoms. The Morgan fingerprint density at radius 3 is 2.62 bits per heavy atom. The molecule has 0 aliphatic heterocycles. The molecule has 3 nitrogen and oxygen atoms in total.